The van der Waals surface area contributed by atoms with E-state index in [-0.39, 0.29) is 45.5 Å². The number of piperazine rings is 1. The van der Waals surface area contributed by atoms with Gasteiger partial charge in [-0.1, -0.05) is 71.7 Å². The zero-order chi connectivity index (χ0) is 35.3. The summed E-state index contributed by atoms with van der Waals surface area (Å²) in [4.78, 5) is 33.1. The molecule has 50 heavy (non-hydrogen) atoms. The Morgan fingerprint density at radius 3 is 2.32 bits per heavy atom. The fraction of sp³-hybridized carbons (Fsp3) is 0.459. The number of piperidine rings is 1. The molecule has 3 aliphatic rings. The first kappa shape index (κ1) is 36.6. The van der Waals surface area contributed by atoms with Crippen LogP contribution in [0.5, 0.6) is 0 Å². The summed E-state index contributed by atoms with van der Waals surface area (Å²) in [6.07, 6.45) is 3.04. The number of benzene rings is 3. The van der Waals surface area contributed by atoms with Crippen molar-refractivity contribution in [1.82, 2.24) is 20.0 Å². The normalized spacial score (nSPS) is 19.9. The summed E-state index contributed by atoms with van der Waals surface area (Å²) in [5, 5.41) is 3.65. The Balaban J connectivity index is 1.08. The highest BCUT2D eigenvalue weighted by Crippen LogP contribution is 2.37. The Labute approximate surface area is 305 Å². The average molecular weight is 743 g/mol. The van der Waals surface area contributed by atoms with Crippen LogP contribution in [0, 0.1) is 0 Å². The maximum absolute atomic E-state index is 14.0. The fourth-order valence-corrected chi connectivity index (χ4v) is 9.43. The molecule has 0 spiro atoms. The summed E-state index contributed by atoms with van der Waals surface area (Å²) >= 11 is 12.3. The molecule has 10 nitrogen and oxygen atoms in total. The molecule has 0 aromatic heterocycles. The van der Waals surface area contributed by atoms with Crippen LogP contribution in [0.4, 0.5) is 5.69 Å². The second-order valence-corrected chi connectivity index (χ2v) is 16.2. The van der Waals surface area contributed by atoms with Crippen LogP contribution in [0.2, 0.25) is 10.0 Å². The van der Waals surface area contributed by atoms with Gasteiger partial charge >= 0.3 is 0 Å². The summed E-state index contributed by atoms with van der Waals surface area (Å²) in [6.45, 7) is 5.30. The summed E-state index contributed by atoms with van der Waals surface area (Å²) in [6, 6.07) is 21.0. The van der Waals surface area contributed by atoms with Gasteiger partial charge < -0.3 is 19.9 Å². The zero-order valence-electron chi connectivity index (χ0n) is 28.4. The number of nitrogens with zero attached hydrogens (tertiary/aromatic N) is 4. The first-order valence-corrected chi connectivity index (χ1v) is 19.4. The molecule has 2 saturated heterocycles. The van der Waals surface area contributed by atoms with E-state index in [1.807, 2.05) is 53.4 Å². The number of amides is 2. The van der Waals surface area contributed by atoms with Crippen LogP contribution in [-0.4, -0.2) is 113 Å². The fourth-order valence-electron chi connectivity index (χ4n) is 7.34. The van der Waals surface area contributed by atoms with Gasteiger partial charge in [0, 0.05) is 51.4 Å². The number of para-hydroxylation sites is 1. The van der Waals surface area contributed by atoms with Gasteiger partial charge in [0.2, 0.25) is 11.8 Å². The lowest BCUT2D eigenvalue weighted by Crippen LogP contribution is -2.64. The Morgan fingerprint density at radius 1 is 0.900 bits per heavy atom. The molecule has 0 radical (unpaired) electrons. The SMILES string of the molecule is CN1CCN(C2(CNC(=O)Cc3ccccc3)CCN(C(=O)COCC3CCc4ccccc4N3S(=O)(=O)c3ccc(Cl)c(Cl)c3)CC2)CC1. The van der Waals surface area contributed by atoms with Gasteiger partial charge in [0.1, 0.15) is 6.61 Å². The number of likely N-dealkylation sites (tertiary alicyclic amines) is 1. The molecule has 0 bridgehead atoms. The number of nitrogens with one attached hydrogen (secondary N) is 1. The zero-order valence-corrected chi connectivity index (χ0v) is 30.7. The highest BCUT2D eigenvalue weighted by atomic mass is 35.5. The van der Waals surface area contributed by atoms with Gasteiger partial charge in [-0.05, 0) is 68.1 Å². The van der Waals surface area contributed by atoms with E-state index in [2.05, 4.69) is 22.2 Å². The van der Waals surface area contributed by atoms with E-state index in [4.69, 9.17) is 27.9 Å². The molecule has 1 unspecified atom stereocenters. The largest absolute Gasteiger partial charge is 0.369 e. The van der Waals surface area contributed by atoms with Crippen molar-refractivity contribution in [3.63, 3.8) is 0 Å². The Hall–Kier alpha value is -3.19. The first-order chi connectivity index (χ1) is 24.1. The standard InChI is InChI=1S/C37H45Cl2N5O5S/c1-41-19-21-43(22-20-41)37(27-40-35(45)23-28-7-3-2-4-8-28)15-17-42(18-16-37)36(46)26-49-25-30-12-11-29-9-5-6-10-34(29)44(30)50(47,48)31-13-14-32(38)33(39)24-31/h2-10,13-14,24,30H,11-12,15-23,25-27H2,1H3,(H,40,45). The summed E-state index contributed by atoms with van der Waals surface area (Å²) in [5.41, 5.74) is 2.26. The topological polar surface area (TPSA) is 102 Å². The quantitative estimate of drug-likeness (QED) is 0.309. The number of sulfonamides is 1. The molecule has 268 valence electrons. The number of hydrogen-bond donors (Lipinski definition) is 1. The van der Waals surface area contributed by atoms with Gasteiger partial charge in [-0.3, -0.25) is 18.8 Å². The van der Waals surface area contributed by atoms with Crippen molar-refractivity contribution >= 4 is 50.7 Å². The van der Waals surface area contributed by atoms with E-state index < -0.39 is 16.1 Å². The number of aryl methyl sites for hydroxylation is 1. The minimum absolute atomic E-state index is 0.00263. The predicted octanol–water partition coefficient (Wildman–Crippen LogP) is 4.49. The first-order valence-electron chi connectivity index (χ1n) is 17.2. The van der Waals surface area contributed by atoms with Crippen LogP contribution in [0.25, 0.3) is 0 Å². The van der Waals surface area contributed by atoms with Gasteiger partial charge in [-0.15, -0.1) is 0 Å². The van der Waals surface area contributed by atoms with Crippen molar-refractivity contribution in [3.05, 3.63) is 94.0 Å². The molecule has 1 N–H and O–H groups in total. The molecule has 6 rings (SSSR count). The number of rotatable bonds is 11. The number of anilines is 1. The van der Waals surface area contributed by atoms with Crippen molar-refractivity contribution in [2.45, 2.75) is 48.6 Å². The molecule has 0 saturated carbocycles. The molecule has 2 fully saturated rings. The lowest BCUT2D eigenvalue weighted by molar-refractivity contribution is -0.139. The number of halogens is 2. The molecular weight excluding hydrogens is 697 g/mol. The lowest BCUT2D eigenvalue weighted by Gasteiger charge is -2.51. The van der Waals surface area contributed by atoms with Crippen LogP contribution >= 0.6 is 23.2 Å². The Kier molecular flexibility index (Phi) is 11.7. The van der Waals surface area contributed by atoms with Gasteiger partial charge in [0.05, 0.1) is 39.7 Å². The van der Waals surface area contributed by atoms with Crippen molar-refractivity contribution in [1.29, 1.82) is 0 Å². The Morgan fingerprint density at radius 2 is 1.60 bits per heavy atom. The number of hydrogen-bond acceptors (Lipinski definition) is 7. The molecular formula is C37H45Cl2N5O5S. The van der Waals surface area contributed by atoms with Crippen molar-refractivity contribution in [2.24, 2.45) is 0 Å². The summed E-state index contributed by atoms with van der Waals surface area (Å²) < 4.78 is 35.5. The van der Waals surface area contributed by atoms with Crippen LogP contribution in [-0.2, 0) is 37.2 Å². The maximum Gasteiger partial charge on any atom is 0.264 e. The van der Waals surface area contributed by atoms with E-state index in [0.29, 0.717) is 44.6 Å². The van der Waals surface area contributed by atoms with Gasteiger partial charge in [0.25, 0.3) is 10.0 Å². The van der Waals surface area contributed by atoms with Crippen molar-refractivity contribution in [3.8, 4) is 0 Å². The van der Waals surface area contributed by atoms with Crippen molar-refractivity contribution < 1.29 is 22.7 Å². The number of carbonyl (C=O) groups excluding carboxylic acids is 2. The monoisotopic (exact) mass is 741 g/mol. The maximum atomic E-state index is 14.0. The van der Waals surface area contributed by atoms with Gasteiger partial charge in [-0.25, -0.2) is 8.42 Å². The molecule has 1 atom stereocenters. The Bertz CT molecular complexity index is 1760. The minimum atomic E-state index is -4.01. The van der Waals surface area contributed by atoms with E-state index in [1.165, 1.54) is 22.5 Å². The highest BCUT2D eigenvalue weighted by molar-refractivity contribution is 7.92. The number of carbonyl (C=O) groups is 2. The third-order valence-electron chi connectivity index (χ3n) is 10.3. The molecule has 13 heteroatoms. The second-order valence-electron chi connectivity index (χ2n) is 13.5. The van der Waals surface area contributed by atoms with Gasteiger partial charge in [-0.2, -0.15) is 0 Å². The van der Waals surface area contributed by atoms with Crippen molar-refractivity contribution in [2.75, 3.05) is 70.4 Å². The molecule has 3 heterocycles. The van der Waals surface area contributed by atoms with Crippen LogP contribution in [0.15, 0.2) is 77.7 Å². The summed E-state index contributed by atoms with van der Waals surface area (Å²) in [7, 11) is -1.89. The third-order valence-corrected chi connectivity index (χ3v) is 12.9. The number of likely N-dealkylation sites (N-methyl/N-ethyl adjacent to an activating group) is 1. The predicted molar refractivity (Wildman–Crippen MR) is 196 cm³/mol. The molecule has 3 aliphatic heterocycles. The number of fused-ring (bicyclic) bond motifs is 1. The number of ether oxygens (including phenoxy) is 1. The second kappa shape index (κ2) is 16.0. The van der Waals surface area contributed by atoms with E-state index >= 15 is 0 Å². The molecule has 3 aromatic carbocycles. The van der Waals surface area contributed by atoms with Crippen LogP contribution in [0.1, 0.15) is 30.4 Å². The minimum Gasteiger partial charge on any atom is -0.369 e. The highest BCUT2D eigenvalue weighted by Gasteiger charge is 2.42. The smallest absolute Gasteiger partial charge is 0.264 e. The van der Waals surface area contributed by atoms with Crippen LogP contribution in [0.3, 0.4) is 0 Å². The van der Waals surface area contributed by atoms with E-state index in [9.17, 15) is 18.0 Å². The van der Waals surface area contributed by atoms with Gasteiger partial charge in [0.15, 0.2) is 0 Å². The molecule has 0 aliphatic carbocycles. The lowest BCUT2D eigenvalue weighted by atomic mass is 9.84. The van der Waals surface area contributed by atoms with Crippen LogP contribution < -0.4 is 9.62 Å². The summed E-state index contributed by atoms with van der Waals surface area (Å²) in [5.74, 6) is -0.127. The van der Waals surface area contributed by atoms with E-state index in [0.717, 1.165) is 50.1 Å². The van der Waals surface area contributed by atoms with E-state index in [1.54, 1.807) is 6.07 Å². The molecule has 3 aromatic rings. The molecule has 2 amide bonds. The third kappa shape index (κ3) is 8.30. The average Bonchev–Trinajstić information content (AvgIpc) is 3.12.